The van der Waals surface area contributed by atoms with Crippen molar-refractivity contribution in [3.05, 3.63) is 63.2 Å². The van der Waals surface area contributed by atoms with Crippen molar-refractivity contribution in [3.8, 4) is 6.07 Å². The maximum atomic E-state index is 12.2. The molecular formula is C18H16IN3O. The molecule has 2 aromatic rings. The number of nitrogens with one attached hydrogen (secondary N) is 1. The Labute approximate surface area is 149 Å². The molecule has 0 atom stereocenters. The van der Waals surface area contributed by atoms with Gasteiger partial charge in [-0.1, -0.05) is 12.1 Å². The number of amides is 1. The van der Waals surface area contributed by atoms with Crippen LogP contribution in [0.2, 0.25) is 0 Å². The van der Waals surface area contributed by atoms with Crippen molar-refractivity contribution in [1.29, 1.82) is 5.26 Å². The number of carbonyl (C=O) groups excluding carboxylic acids is 1. The summed E-state index contributed by atoms with van der Waals surface area (Å²) >= 11 is 2.19. The molecule has 0 saturated carbocycles. The minimum absolute atomic E-state index is 0.0705. The highest BCUT2D eigenvalue weighted by atomic mass is 127. The van der Waals surface area contributed by atoms with Gasteiger partial charge in [-0.15, -0.1) is 0 Å². The molecule has 2 aromatic carbocycles. The van der Waals surface area contributed by atoms with E-state index in [2.05, 4.69) is 27.9 Å². The maximum Gasteiger partial charge on any atom is 0.266 e. The fraction of sp³-hybridized carbons (Fsp3) is 0.111. The number of nitrogens with zero attached hydrogens (tertiary/aromatic N) is 2. The van der Waals surface area contributed by atoms with Gasteiger partial charge < -0.3 is 10.2 Å². The van der Waals surface area contributed by atoms with Gasteiger partial charge in [-0.05, 0) is 70.6 Å². The molecule has 1 amide bonds. The summed E-state index contributed by atoms with van der Waals surface area (Å²) in [5.74, 6) is -0.412. The molecule has 0 aromatic heterocycles. The Hall–Kier alpha value is -2.33. The zero-order chi connectivity index (χ0) is 16.8. The predicted molar refractivity (Wildman–Crippen MR) is 102 cm³/mol. The van der Waals surface area contributed by atoms with Gasteiger partial charge in [0.25, 0.3) is 5.91 Å². The number of halogens is 1. The van der Waals surface area contributed by atoms with E-state index in [4.69, 9.17) is 0 Å². The summed E-state index contributed by atoms with van der Waals surface area (Å²) in [7, 11) is 3.92. The van der Waals surface area contributed by atoms with Gasteiger partial charge in [0.05, 0.1) is 0 Å². The highest BCUT2D eigenvalue weighted by molar-refractivity contribution is 14.1. The first kappa shape index (κ1) is 17.0. The SMILES string of the molecule is CN(C)c1ccc(/C=C(/C#N)C(=O)Nc2ccc(I)cc2)cc1. The molecule has 5 heteroatoms. The van der Waals surface area contributed by atoms with Crippen LogP contribution in [0, 0.1) is 14.9 Å². The van der Waals surface area contributed by atoms with Gasteiger partial charge in [-0.3, -0.25) is 4.79 Å². The smallest absolute Gasteiger partial charge is 0.266 e. The molecule has 0 radical (unpaired) electrons. The normalized spacial score (nSPS) is 10.8. The van der Waals surface area contributed by atoms with Gasteiger partial charge in [-0.2, -0.15) is 5.26 Å². The van der Waals surface area contributed by atoms with E-state index >= 15 is 0 Å². The van der Waals surface area contributed by atoms with Gasteiger partial charge in [0.1, 0.15) is 11.6 Å². The van der Waals surface area contributed by atoms with Crippen molar-refractivity contribution in [1.82, 2.24) is 0 Å². The van der Waals surface area contributed by atoms with Crippen LogP contribution in [0.15, 0.2) is 54.1 Å². The zero-order valence-electron chi connectivity index (χ0n) is 12.9. The first-order valence-electron chi connectivity index (χ1n) is 6.95. The molecular weight excluding hydrogens is 401 g/mol. The minimum atomic E-state index is -0.412. The Morgan fingerprint density at radius 3 is 2.26 bits per heavy atom. The van der Waals surface area contributed by atoms with Gasteiger partial charge in [0.15, 0.2) is 0 Å². The monoisotopic (exact) mass is 417 g/mol. The van der Waals surface area contributed by atoms with E-state index in [0.717, 1.165) is 14.8 Å². The predicted octanol–water partition coefficient (Wildman–Crippen LogP) is 3.90. The topological polar surface area (TPSA) is 56.1 Å². The van der Waals surface area contributed by atoms with Gasteiger partial charge in [0.2, 0.25) is 0 Å². The lowest BCUT2D eigenvalue weighted by atomic mass is 10.1. The van der Waals surface area contributed by atoms with Crippen molar-refractivity contribution in [2.75, 3.05) is 24.3 Å². The van der Waals surface area contributed by atoms with Crippen LogP contribution in [0.3, 0.4) is 0 Å². The van der Waals surface area contributed by atoms with Crippen LogP contribution >= 0.6 is 22.6 Å². The molecule has 4 nitrogen and oxygen atoms in total. The Kier molecular flexibility index (Phi) is 5.77. The molecule has 0 unspecified atom stereocenters. The zero-order valence-corrected chi connectivity index (χ0v) is 15.0. The molecule has 0 saturated heterocycles. The van der Waals surface area contributed by atoms with Crippen LogP contribution in [-0.2, 0) is 4.79 Å². The number of hydrogen-bond acceptors (Lipinski definition) is 3. The summed E-state index contributed by atoms with van der Waals surface area (Å²) in [6.45, 7) is 0. The summed E-state index contributed by atoms with van der Waals surface area (Å²) in [6.07, 6.45) is 1.58. The Morgan fingerprint density at radius 2 is 1.74 bits per heavy atom. The summed E-state index contributed by atoms with van der Waals surface area (Å²) in [5.41, 5.74) is 2.61. The molecule has 0 heterocycles. The second kappa shape index (κ2) is 7.79. The second-order valence-corrected chi connectivity index (χ2v) is 6.36. The van der Waals surface area contributed by atoms with E-state index in [1.165, 1.54) is 0 Å². The standard InChI is InChI=1S/C18H16IN3O/c1-22(2)17-9-3-13(4-10-17)11-14(12-20)18(23)21-16-7-5-15(19)6-8-16/h3-11H,1-2H3,(H,21,23)/b14-11-. The summed E-state index contributed by atoms with van der Waals surface area (Å²) in [4.78, 5) is 14.2. The van der Waals surface area contributed by atoms with E-state index in [0.29, 0.717) is 5.69 Å². The third kappa shape index (κ3) is 4.83. The number of hydrogen-bond donors (Lipinski definition) is 1. The summed E-state index contributed by atoms with van der Waals surface area (Å²) < 4.78 is 1.08. The minimum Gasteiger partial charge on any atom is -0.378 e. The molecule has 0 fully saturated rings. The molecule has 0 aliphatic carbocycles. The van der Waals surface area contributed by atoms with Crippen LogP contribution in [0.5, 0.6) is 0 Å². The van der Waals surface area contributed by atoms with Crippen molar-refractivity contribution >= 4 is 45.9 Å². The van der Waals surface area contributed by atoms with E-state index < -0.39 is 5.91 Å². The van der Waals surface area contributed by atoms with Gasteiger partial charge in [-0.25, -0.2) is 0 Å². The fourth-order valence-corrected chi connectivity index (χ4v) is 2.28. The highest BCUT2D eigenvalue weighted by Gasteiger charge is 2.09. The van der Waals surface area contributed by atoms with Crippen LogP contribution in [0.4, 0.5) is 11.4 Å². The first-order valence-corrected chi connectivity index (χ1v) is 8.03. The molecule has 0 aliphatic rings. The average molecular weight is 417 g/mol. The van der Waals surface area contributed by atoms with Crippen molar-refractivity contribution < 1.29 is 4.79 Å². The number of carbonyl (C=O) groups is 1. The molecule has 0 bridgehead atoms. The first-order chi connectivity index (χ1) is 11.0. The number of rotatable bonds is 4. The van der Waals surface area contributed by atoms with E-state index in [9.17, 15) is 10.1 Å². The van der Waals surface area contributed by atoms with Crippen molar-refractivity contribution in [2.45, 2.75) is 0 Å². The fourth-order valence-electron chi connectivity index (χ4n) is 1.92. The lowest BCUT2D eigenvalue weighted by molar-refractivity contribution is -0.112. The lowest BCUT2D eigenvalue weighted by Gasteiger charge is -2.11. The average Bonchev–Trinajstić information content (AvgIpc) is 2.55. The van der Waals surface area contributed by atoms with Crippen LogP contribution < -0.4 is 10.2 Å². The molecule has 1 N–H and O–H groups in total. The third-order valence-electron chi connectivity index (χ3n) is 3.19. The van der Waals surface area contributed by atoms with E-state index in [1.54, 1.807) is 18.2 Å². The molecule has 2 rings (SSSR count). The summed E-state index contributed by atoms with van der Waals surface area (Å²) in [5, 5.41) is 12.0. The highest BCUT2D eigenvalue weighted by Crippen LogP contribution is 2.16. The number of anilines is 2. The second-order valence-electron chi connectivity index (χ2n) is 5.12. The van der Waals surface area contributed by atoms with E-state index in [-0.39, 0.29) is 5.57 Å². The quantitative estimate of drug-likeness (QED) is 0.467. The van der Waals surface area contributed by atoms with Crippen molar-refractivity contribution in [3.63, 3.8) is 0 Å². The largest absolute Gasteiger partial charge is 0.378 e. The molecule has 0 spiro atoms. The molecule has 23 heavy (non-hydrogen) atoms. The Bertz CT molecular complexity index is 756. The summed E-state index contributed by atoms with van der Waals surface area (Å²) in [6, 6.07) is 17.0. The number of benzene rings is 2. The molecule has 116 valence electrons. The Morgan fingerprint density at radius 1 is 1.13 bits per heavy atom. The lowest BCUT2D eigenvalue weighted by Crippen LogP contribution is -2.13. The number of nitriles is 1. The van der Waals surface area contributed by atoms with Crippen LogP contribution in [0.1, 0.15) is 5.56 Å². The van der Waals surface area contributed by atoms with E-state index in [1.807, 2.05) is 61.5 Å². The van der Waals surface area contributed by atoms with Gasteiger partial charge >= 0.3 is 0 Å². The third-order valence-corrected chi connectivity index (χ3v) is 3.91. The van der Waals surface area contributed by atoms with Gasteiger partial charge in [0, 0.05) is 29.0 Å². The van der Waals surface area contributed by atoms with Crippen LogP contribution in [-0.4, -0.2) is 20.0 Å². The Balaban J connectivity index is 2.16. The maximum absolute atomic E-state index is 12.2. The van der Waals surface area contributed by atoms with Crippen LogP contribution in [0.25, 0.3) is 6.08 Å². The molecule has 0 aliphatic heterocycles. The van der Waals surface area contributed by atoms with Crippen molar-refractivity contribution in [2.24, 2.45) is 0 Å².